The van der Waals surface area contributed by atoms with E-state index in [0.29, 0.717) is 22.6 Å². The highest BCUT2D eigenvalue weighted by atomic mass is 16.6. The van der Waals surface area contributed by atoms with E-state index in [-0.39, 0.29) is 13.2 Å². The van der Waals surface area contributed by atoms with Crippen LogP contribution in [-0.2, 0) is 19.1 Å². The molecule has 0 aliphatic rings. The number of esters is 2. The molecule has 0 saturated heterocycles. The number of carbonyl (C=O) groups excluding carboxylic acids is 2. The smallest absolute Gasteiger partial charge is 0.333 e. The third-order valence-corrected chi connectivity index (χ3v) is 6.46. The zero-order valence-corrected chi connectivity index (χ0v) is 23.6. The van der Waals surface area contributed by atoms with E-state index in [1.165, 1.54) is 0 Å². The number of ether oxygens (including phenoxy) is 4. The summed E-state index contributed by atoms with van der Waals surface area (Å²) < 4.78 is 23.7. The van der Waals surface area contributed by atoms with Gasteiger partial charge < -0.3 is 18.9 Å². The van der Waals surface area contributed by atoms with Gasteiger partial charge in [-0.15, -0.1) is 0 Å². The molecule has 0 fully saturated rings. The fourth-order valence-corrected chi connectivity index (χ4v) is 4.19. The fourth-order valence-electron chi connectivity index (χ4n) is 4.19. The Balaban J connectivity index is 1.53. The van der Waals surface area contributed by atoms with Crippen LogP contribution < -0.4 is 9.47 Å². The molecule has 2 atom stereocenters. The van der Waals surface area contributed by atoms with E-state index < -0.39 is 24.1 Å². The number of hydrogen-bond donors (Lipinski definition) is 0. The van der Waals surface area contributed by atoms with Crippen LogP contribution in [0.2, 0.25) is 0 Å². The van der Waals surface area contributed by atoms with Crippen molar-refractivity contribution in [3.05, 3.63) is 132 Å². The summed E-state index contributed by atoms with van der Waals surface area (Å²) in [5.74, 6) is 0.374. The number of hydrogen-bond acceptors (Lipinski definition) is 6. The number of benzene rings is 4. The molecule has 0 spiro atoms. The highest BCUT2D eigenvalue weighted by Gasteiger charge is 2.21. The van der Waals surface area contributed by atoms with Crippen LogP contribution in [-0.4, -0.2) is 25.2 Å². The monoisotopic (exact) mass is 550 g/mol. The van der Waals surface area contributed by atoms with Gasteiger partial charge in [0.25, 0.3) is 0 Å². The molecule has 4 aromatic rings. The van der Waals surface area contributed by atoms with E-state index in [1.807, 2.05) is 97.9 Å². The van der Waals surface area contributed by atoms with Crippen LogP contribution in [0.25, 0.3) is 10.8 Å². The van der Waals surface area contributed by atoms with Crippen molar-refractivity contribution in [2.24, 2.45) is 0 Å². The number of carbonyl (C=O) groups is 2. The van der Waals surface area contributed by atoms with Gasteiger partial charge in [0.05, 0.1) is 0 Å². The molecule has 0 bridgehead atoms. The summed E-state index contributed by atoms with van der Waals surface area (Å²) in [6.07, 6.45) is -1.20. The second kappa shape index (κ2) is 13.5. The predicted molar refractivity (Wildman–Crippen MR) is 160 cm³/mol. The minimum absolute atomic E-state index is 0.133. The Morgan fingerprint density at radius 2 is 1.20 bits per heavy atom. The standard InChI is InChI=1S/C35H34O6/c1-23(2)34(36)40-31(26-12-8-6-9-13-26)21-38-29-18-19-30-28(20-29)17-16-25(5)33(30)39-22-32(41-35(37)24(3)4)27-14-10-7-11-15-27/h6-20,31-32H,1,3,21-22H2,2,4-5H3. The van der Waals surface area contributed by atoms with Crippen molar-refractivity contribution in [3.63, 3.8) is 0 Å². The molecule has 6 heteroatoms. The van der Waals surface area contributed by atoms with Crippen LogP contribution in [0.5, 0.6) is 11.5 Å². The van der Waals surface area contributed by atoms with Crippen LogP contribution in [0.3, 0.4) is 0 Å². The highest BCUT2D eigenvalue weighted by Crippen LogP contribution is 2.34. The Morgan fingerprint density at radius 1 is 0.683 bits per heavy atom. The van der Waals surface area contributed by atoms with Crippen LogP contribution in [0.4, 0.5) is 0 Å². The van der Waals surface area contributed by atoms with Gasteiger partial charge in [-0.3, -0.25) is 0 Å². The van der Waals surface area contributed by atoms with Gasteiger partial charge >= 0.3 is 11.9 Å². The summed E-state index contributed by atoms with van der Waals surface area (Å²) in [5, 5.41) is 1.80. The lowest BCUT2D eigenvalue weighted by molar-refractivity contribution is -0.147. The largest absolute Gasteiger partial charge is 0.489 e. The zero-order valence-electron chi connectivity index (χ0n) is 23.6. The van der Waals surface area contributed by atoms with E-state index in [1.54, 1.807) is 13.8 Å². The predicted octanol–water partition coefficient (Wildman–Crippen LogP) is 7.63. The molecule has 0 aliphatic heterocycles. The van der Waals surface area contributed by atoms with Crippen molar-refractivity contribution >= 4 is 22.7 Å². The Morgan fingerprint density at radius 3 is 1.71 bits per heavy atom. The van der Waals surface area contributed by atoms with E-state index in [2.05, 4.69) is 13.2 Å². The zero-order chi connectivity index (χ0) is 29.4. The molecule has 4 aromatic carbocycles. The molecule has 0 aliphatic carbocycles. The summed E-state index contributed by atoms with van der Waals surface area (Å²) in [6.45, 7) is 12.8. The maximum absolute atomic E-state index is 12.3. The van der Waals surface area contributed by atoms with Gasteiger partial charge in [-0.2, -0.15) is 0 Å². The van der Waals surface area contributed by atoms with Crippen molar-refractivity contribution in [2.75, 3.05) is 13.2 Å². The Bertz CT molecular complexity index is 1540. The first-order chi connectivity index (χ1) is 19.7. The minimum atomic E-state index is -0.602. The lowest BCUT2D eigenvalue weighted by Gasteiger charge is -2.21. The summed E-state index contributed by atoms with van der Waals surface area (Å²) in [7, 11) is 0. The van der Waals surface area contributed by atoms with Gasteiger partial charge in [0.15, 0.2) is 12.2 Å². The molecule has 0 aromatic heterocycles. The summed E-state index contributed by atoms with van der Waals surface area (Å²) in [6, 6.07) is 28.6. The molecule has 6 nitrogen and oxygen atoms in total. The minimum Gasteiger partial charge on any atom is -0.489 e. The average Bonchev–Trinajstić information content (AvgIpc) is 2.98. The number of fused-ring (bicyclic) bond motifs is 1. The van der Waals surface area contributed by atoms with Gasteiger partial charge in [0, 0.05) is 16.5 Å². The summed E-state index contributed by atoms with van der Waals surface area (Å²) in [4.78, 5) is 24.6. The normalized spacial score (nSPS) is 12.2. The molecule has 0 saturated carbocycles. The number of aryl methyl sites for hydroxylation is 1. The molecule has 41 heavy (non-hydrogen) atoms. The molecule has 210 valence electrons. The van der Waals surface area contributed by atoms with Crippen molar-refractivity contribution in [2.45, 2.75) is 33.0 Å². The molecule has 0 amide bonds. The second-order valence-corrected chi connectivity index (χ2v) is 9.89. The summed E-state index contributed by atoms with van der Waals surface area (Å²) in [5.41, 5.74) is 3.25. The van der Waals surface area contributed by atoms with Gasteiger partial charge in [0.1, 0.15) is 24.7 Å². The fraction of sp³-hybridized carbons (Fsp3) is 0.200. The van der Waals surface area contributed by atoms with Crippen molar-refractivity contribution in [3.8, 4) is 11.5 Å². The quantitative estimate of drug-likeness (QED) is 0.133. The number of rotatable bonds is 12. The van der Waals surface area contributed by atoms with E-state index >= 15 is 0 Å². The van der Waals surface area contributed by atoms with Gasteiger partial charge in [0.2, 0.25) is 0 Å². The second-order valence-electron chi connectivity index (χ2n) is 9.89. The molecule has 0 radical (unpaired) electrons. The van der Waals surface area contributed by atoms with Crippen LogP contribution in [0.1, 0.15) is 42.7 Å². The van der Waals surface area contributed by atoms with Crippen molar-refractivity contribution < 1.29 is 28.5 Å². The Hall–Kier alpha value is -4.84. The first-order valence-corrected chi connectivity index (χ1v) is 13.3. The van der Waals surface area contributed by atoms with Crippen LogP contribution in [0, 0.1) is 6.92 Å². The van der Waals surface area contributed by atoms with Gasteiger partial charge in [-0.05, 0) is 61.0 Å². The lowest BCUT2D eigenvalue weighted by Crippen LogP contribution is -2.19. The van der Waals surface area contributed by atoms with Gasteiger partial charge in [-0.25, -0.2) is 9.59 Å². The third-order valence-electron chi connectivity index (χ3n) is 6.46. The maximum Gasteiger partial charge on any atom is 0.333 e. The van der Waals surface area contributed by atoms with Crippen molar-refractivity contribution in [1.29, 1.82) is 0 Å². The van der Waals surface area contributed by atoms with E-state index in [4.69, 9.17) is 18.9 Å². The average molecular weight is 551 g/mol. The Kier molecular flexibility index (Phi) is 9.59. The molecular weight excluding hydrogens is 516 g/mol. The molecular formula is C35H34O6. The topological polar surface area (TPSA) is 71.1 Å². The lowest BCUT2D eigenvalue weighted by atomic mass is 10.1. The first-order valence-electron chi connectivity index (χ1n) is 13.3. The summed E-state index contributed by atoms with van der Waals surface area (Å²) >= 11 is 0. The first kappa shape index (κ1) is 29.2. The van der Waals surface area contributed by atoms with Crippen molar-refractivity contribution in [1.82, 2.24) is 0 Å². The van der Waals surface area contributed by atoms with E-state index in [9.17, 15) is 9.59 Å². The van der Waals surface area contributed by atoms with Gasteiger partial charge in [-0.1, -0.05) is 86.0 Å². The third kappa shape index (κ3) is 7.63. The van der Waals surface area contributed by atoms with Crippen LogP contribution in [0.15, 0.2) is 115 Å². The SMILES string of the molecule is C=C(C)C(=O)OC(COc1ccc2c(OCC(OC(=O)C(=C)C)c3ccccc3)c(C)ccc2c1)c1ccccc1. The molecule has 0 heterocycles. The van der Waals surface area contributed by atoms with Crippen LogP contribution >= 0.6 is 0 Å². The Labute approximate surface area is 240 Å². The molecule has 2 unspecified atom stereocenters. The highest BCUT2D eigenvalue weighted by molar-refractivity contribution is 5.91. The maximum atomic E-state index is 12.3. The van der Waals surface area contributed by atoms with E-state index in [0.717, 1.165) is 27.5 Å². The molecule has 4 rings (SSSR count). The molecule has 0 N–H and O–H groups in total.